The third kappa shape index (κ3) is 4.23. The summed E-state index contributed by atoms with van der Waals surface area (Å²) < 4.78 is 0. The molecule has 2 heterocycles. The quantitative estimate of drug-likeness (QED) is 0.750. The summed E-state index contributed by atoms with van der Waals surface area (Å²) in [7, 11) is 0. The van der Waals surface area contributed by atoms with Gasteiger partial charge in [-0.1, -0.05) is 0 Å². The Bertz CT molecular complexity index is 671. The second kappa shape index (κ2) is 7.63. The topological polar surface area (TPSA) is 118 Å². The number of carbonyl (C=O) groups excluding carboxylic acids is 1. The predicted molar refractivity (Wildman–Crippen MR) is 86.9 cm³/mol. The molecule has 0 aliphatic rings. The molecule has 120 valence electrons. The van der Waals surface area contributed by atoms with Gasteiger partial charge in [0.25, 0.3) is 5.91 Å². The number of thiazole rings is 2. The highest BCUT2D eigenvalue weighted by Gasteiger charge is 2.18. The second-order valence-corrected chi connectivity index (χ2v) is 6.21. The second-order valence-electron chi connectivity index (χ2n) is 4.43. The van der Waals surface area contributed by atoms with E-state index in [4.69, 9.17) is 10.8 Å². The SMILES string of the molecule is C[C@H](N)c1nc(C(=O)N[C@@H](C)c2nc(C(=O)O)cs2)cs1.Cl. The molecular weight excluding hydrogens is 348 g/mol. The van der Waals surface area contributed by atoms with Crippen LogP contribution in [0, 0.1) is 0 Å². The molecule has 22 heavy (non-hydrogen) atoms. The number of nitrogens with two attached hydrogens (primary N) is 1. The van der Waals surface area contributed by atoms with Crippen LogP contribution in [0.1, 0.15) is 56.9 Å². The van der Waals surface area contributed by atoms with Crippen molar-refractivity contribution in [3.05, 3.63) is 32.2 Å². The zero-order chi connectivity index (χ0) is 15.6. The molecular formula is C12H15ClN4O3S2. The summed E-state index contributed by atoms with van der Waals surface area (Å²) in [5.74, 6) is -1.42. The predicted octanol–water partition coefficient (Wildman–Crippen LogP) is 2.23. The first-order valence-electron chi connectivity index (χ1n) is 6.09. The molecule has 0 aliphatic heterocycles. The molecule has 0 fully saturated rings. The molecule has 0 spiro atoms. The highest BCUT2D eigenvalue weighted by Crippen LogP contribution is 2.20. The maximum Gasteiger partial charge on any atom is 0.355 e. The van der Waals surface area contributed by atoms with Gasteiger partial charge in [0.15, 0.2) is 5.69 Å². The van der Waals surface area contributed by atoms with Crippen LogP contribution < -0.4 is 11.1 Å². The van der Waals surface area contributed by atoms with Crippen LogP contribution >= 0.6 is 35.1 Å². The third-order valence-electron chi connectivity index (χ3n) is 2.60. The molecule has 1 amide bonds. The molecule has 0 saturated carbocycles. The number of hydrogen-bond acceptors (Lipinski definition) is 7. The van der Waals surface area contributed by atoms with E-state index in [-0.39, 0.29) is 30.0 Å². The molecule has 10 heteroatoms. The Kier molecular flexibility index (Phi) is 6.42. The van der Waals surface area contributed by atoms with Gasteiger partial charge in [0.1, 0.15) is 15.7 Å². The highest BCUT2D eigenvalue weighted by molar-refractivity contribution is 7.10. The van der Waals surface area contributed by atoms with E-state index in [1.165, 1.54) is 28.1 Å². The first-order chi connectivity index (χ1) is 9.88. The highest BCUT2D eigenvalue weighted by atomic mass is 35.5. The van der Waals surface area contributed by atoms with Crippen LogP contribution in [0.3, 0.4) is 0 Å². The van der Waals surface area contributed by atoms with Crippen molar-refractivity contribution in [3.63, 3.8) is 0 Å². The summed E-state index contributed by atoms with van der Waals surface area (Å²) in [6, 6.07) is -0.609. The first kappa shape index (κ1) is 18.5. The van der Waals surface area contributed by atoms with Crippen molar-refractivity contribution >= 4 is 47.0 Å². The van der Waals surface area contributed by atoms with Gasteiger partial charge in [-0.2, -0.15) is 0 Å². The summed E-state index contributed by atoms with van der Waals surface area (Å²) >= 11 is 2.52. The van der Waals surface area contributed by atoms with Crippen molar-refractivity contribution in [1.82, 2.24) is 15.3 Å². The van der Waals surface area contributed by atoms with Crippen LogP contribution in [0.25, 0.3) is 0 Å². The molecule has 2 atom stereocenters. The molecule has 0 aliphatic carbocycles. The standard InChI is InChI=1S/C12H14N4O3S2.ClH/c1-5(13)10-15-7(3-20-10)9(17)14-6(2)11-16-8(4-21-11)12(18)19;/h3-6H,13H2,1-2H3,(H,14,17)(H,18,19);1H/t5-,6-;/m0./s1. The molecule has 4 N–H and O–H groups in total. The maximum atomic E-state index is 12.1. The molecule has 0 bridgehead atoms. The molecule has 2 aromatic rings. The zero-order valence-electron chi connectivity index (χ0n) is 11.8. The van der Waals surface area contributed by atoms with Crippen molar-refractivity contribution < 1.29 is 14.7 Å². The Morgan fingerprint density at radius 1 is 1.18 bits per heavy atom. The molecule has 0 saturated heterocycles. The van der Waals surface area contributed by atoms with E-state index in [9.17, 15) is 9.59 Å². The molecule has 0 unspecified atom stereocenters. The number of amides is 1. The molecule has 0 aromatic carbocycles. The van der Waals surface area contributed by atoms with Crippen LogP contribution in [0.2, 0.25) is 0 Å². The fraction of sp³-hybridized carbons (Fsp3) is 0.333. The fourth-order valence-corrected chi connectivity index (χ4v) is 3.08. The van der Waals surface area contributed by atoms with E-state index >= 15 is 0 Å². The minimum Gasteiger partial charge on any atom is -0.476 e. The minimum atomic E-state index is -1.09. The number of aromatic nitrogens is 2. The van der Waals surface area contributed by atoms with Gasteiger partial charge >= 0.3 is 5.97 Å². The minimum absolute atomic E-state index is 0. The van der Waals surface area contributed by atoms with Crippen molar-refractivity contribution in [3.8, 4) is 0 Å². The van der Waals surface area contributed by atoms with Gasteiger partial charge in [-0.05, 0) is 13.8 Å². The fourth-order valence-electron chi connectivity index (χ4n) is 1.52. The number of nitrogens with one attached hydrogen (secondary N) is 1. The number of aromatic carboxylic acids is 1. The number of carboxylic acid groups (broad SMARTS) is 1. The number of nitrogens with zero attached hydrogens (tertiary/aromatic N) is 2. The van der Waals surface area contributed by atoms with E-state index in [1.807, 2.05) is 0 Å². The van der Waals surface area contributed by atoms with E-state index in [0.29, 0.717) is 15.7 Å². The normalized spacial score (nSPS) is 13.0. The molecule has 0 radical (unpaired) electrons. The lowest BCUT2D eigenvalue weighted by Gasteiger charge is -2.09. The Morgan fingerprint density at radius 3 is 2.23 bits per heavy atom. The lowest BCUT2D eigenvalue weighted by Crippen LogP contribution is -2.27. The van der Waals surface area contributed by atoms with Crippen molar-refractivity contribution in [2.24, 2.45) is 5.73 Å². The summed E-state index contributed by atoms with van der Waals surface area (Å²) in [6.07, 6.45) is 0. The van der Waals surface area contributed by atoms with Gasteiger partial charge in [-0.15, -0.1) is 35.1 Å². The summed E-state index contributed by atoms with van der Waals surface area (Å²) in [4.78, 5) is 31.0. The molecule has 7 nitrogen and oxygen atoms in total. The van der Waals surface area contributed by atoms with Gasteiger partial charge in [-0.25, -0.2) is 14.8 Å². The van der Waals surface area contributed by atoms with E-state index < -0.39 is 12.0 Å². The Morgan fingerprint density at radius 2 is 1.73 bits per heavy atom. The number of halogens is 1. The van der Waals surface area contributed by atoms with Crippen LogP contribution in [-0.4, -0.2) is 27.0 Å². The van der Waals surface area contributed by atoms with Crippen molar-refractivity contribution in [2.75, 3.05) is 0 Å². The van der Waals surface area contributed by atoms with Gasteiger partial charge in [0, 0.05) is 10.8 Å². The average molecular weight is 363 g/mol. The first-order valence-corrected chi connectivity index (χ1v) is 7.85. The Balaban J connectivity index is 0.00000242. The van der Waals surface area contributed by atoms with Crippen LogP contribution in [-0.2, 0) is 0 Å². The van der Waals surface area contributed by atoms with Crippen LogP contribution in [0.15, 0.2) is 10.8 Å². The monoisotopic (exact) mass is 362 g/mol. The zero-order valence-corrected chi connectivity index (χ0v) is 14.2. The summed E-state index contributed by atoms with van der Waals surface area (Å²) in [5.41, 5.74) is 5.98. The molecule has 2 rings (SSSR count). The lowest BCUT2D eigenvalue weighted by atomic mass is 10.3. The molecule has 2 aromatic heterocycles. The van der Waals surface area contributed by atoms with Gasteiger partial charge in [0.2, 0.25) is 0 Å². The summed E-state index contributed by atoms with van der Waals surface area (Å²) in [5, 5.41) is 15.9. The number of rotatable bonds is 5. The third-order valence-corrected chi connectivity index (χ3v) is 4.68. The van der Waals surface area contributed by atoms with E-state index in [1.54, 1.807) is 19.2 Å². The number of carbonyl (C=O) groups is 2. The largest absolute Gasteiger partial charge is 0.476 e. The Labute approximate surface area is 141 Å². The van der Waals surface area contributed by atoms with Crippen LogP contribution in [0.5, 0.6) is 0 Å². The maximum absolute atomic E-state index is 12.1. The smallest absolute Gasteiger partial charge is 0.355 e. The van der Waals surface area contributed by atoms with E-state index in [2.05, 4.69) is 15.3 Å². The van der Waals surface area contributed by atoms with Gasteiger partial charge in [0.05, 0.1) is 12.1 Å². The van der Waals surface area contributed by atoms with Crippen molar-refractivity contribution in [2.45, 2.75) is 25.9 Å². The number of hydrogen-bond donors (Lipinski definition) is 3. The lowest BCUT2D eigenvalue weighted by molar-refractivity contribution is 0.0691. The van der Waals surface area contributed by atoms with Crippen molar-refractivity contribution in [1.29, 1.82) is 0 Å². The average Bonchev–Trinajstić information content (AvgIpc) is 3.08. The van der Waals surface area contributed by atoms with E-state index in [0.717, 1.165) is 0 Å². The summed E-state index contributed by atoms with van der Waals surface area (Å²) in [6.45, 7) is 3.54. The number of carboxylic acids is 1. The Hall–Kier alpha value is -1.55. The van der Waals surface area contributed by atoms with Gasteiger partial charge < -0.3 is 16.2 Å². The van der Waals surface area contributed by atoms with Gasteiger partial charge in [-0.3, -0.25) is 4.79 Å². The van der Waals surface area contributed by atoms with Crippen LogP contribution in [0.4, 0.5) is 0 Å².